The first-order chi connectivity index (χ1) is 11.8. The van der Waals surface area contributed by atoms with Crippen LogP contribution in [0.3, 0.4) is 0 Å². The third-order valence-electron chi connectivity index (χ3n) is 3.96. The summed E-state index contributed by atoms with van der Waals surface area (Å²) in [5, 5.41) is 13.5. The van der Waals surface area contributed by atoms with Crippen LogP contribution in [0.15, 0.2) is 24.7 Å². The van der Waals surface area contributed by atoms with E-state index in [1.54, 1.807) is 44.5 Å². The van der Waals surface area contributed by atoms with Gasteiger partial charge in [0.15, 0.2) is 0 Å². The molecule has 1 amide bonds. The van der Waals surface area contributed by atoms with Crippen LogP contribution in [0.1, 0.15) is 27.4 Å². The van der Waals surface area contributed by atoms with Gasteiger partial charge in [0, 0.05) is 38.6 Å². The molecular formula is C16H20ClN7O. The van der Waals surface area contributed by atoms with Crippen LogP contribution in [0.25, 0.3) is 0 Å². The van der Waals surface area contributed by atoms with Gasteiger partial charge in [-0.1, -0.05) is 11.6 Å². The molecule has 0 saturated heterocycles. The Bertz CT molecular complexity index is 908. The Hall–Kier alpha value is -2.61. The Balaban J connectivity index is 1.69. The van der Waals surface area contributed by atoms with Crippen LogP contribution in [0.2, 0.25) is 5.02 Å². The second-order valence-electron chi connectivity index (χ2n) is 6.05. The van der Waals surface area contributed by atoms with Crippen LogP contribution in [-0.2, 0) is 20.3 Å². The van der Waals surface area contributed by atoms with Gasteiger partial charge >= 0.3 is 0 Å². The van der Waals surface area contributed by atoms with E-state index in [1.807, 2.05) is 27.1 Å². The molecule has 3 aromatic rings. The molecule has 0 spiro atoms. The maximum atomic E-state index is 12.5. The van der Waals surface area contributed by atoms with Crippen LogP contribution >= 0.6 is 11.6 Å². The van der Waals surface area contributed by atoms with Gasteiger partial charge in [0.25, 0.3) is 5.91 Å². The third-order valence-corrected chi connectivity index (χ3v) is 4.50. The Morgan fingerprint density at radius 2 is 2.08 bits per heavy atom. The SMILES string of the molecule is Cc1nn(Cn2ccc(C(=O)N(C)Cc3cnn(C)c3)n2)c(C)c1Cl. The first-order valence-electron chi connectivity index (χ1n) is 7.81. The minimum Gasteiger partial charge on any atom is -0.336 e. The monoisotopic (exact) mass is 361 g/mol. The van der Waals surface area contributed by atoms with Crippen molar-refractivity contribution in [3.8, 4) is 0 Å². The first kappa shape index (κ1) is 17.2. The molecule has 0 bridgehead atoms. The number of carbonyl (C=O) groups is 1. The van der Waals surface area contributed by atoms with Crippen LogP contribution in [0.4, 0.5) is 0 Å². The highest BCUT2D eigenvalue weighted by Crippen LogP contribution is 2.18. The van der Waals surface area contributed by atoms with Crippen LogP contribution in [0, 0.1) is 13.8 Å². The number of halogens is 1. The van der Waals surface area contributed by atoms with Crippen molar-refractivity contribution in [2.24, 2.45) is 7.05 Å². The average Bonchev–Trinajstić information content (AvgIpc) is 3.25. The quantitative estimate of drug-likeness (QED) is 0.695. The Kier molecular flexibility index (Phi) is 4.63. The Morgan fingerprint density at radius 1 is 1.32 bits per heavy atom. The molecule has 0 aromatic carbocycles. The third kappa shape index (κ3) is 3.58. The van der Waals surface area contributed by atoms with E-state index < -0.39 is 0 Å². The van der Waals surface area contributed by atoms with E-state index in [9.17, 15) is 4.79 Å². The molecule has 132 valence electrons. The summed E-state index contributed by atoms with van der Waals surface area (Å²) in [5.41, 5.74) is 3.00. The molecule has 0 unspecified atom stereocenters. The fourth-order valence-electron chi connectivity index (χ4n) is 2.60. The number of hydrogen-bond acceptors (Lipinski definition) is 4. The predicted molar refractivity (Wildman–Crippen MR) is 93.3 cm³/mol. The van der Waals surface area contributed by atoms with Crippen molar-refractivity contribution < 1.29 is 4.79 Å². The number of aryl methyl sites for hydroxylation is 2. The second kappa shape index (κ2) is 6.72. The summed E-state index contributed by atoms with van der Waals surface area (Å²) in [6.45, 7) is 4.64. The van der Waals surface area contributed by atoms with Crippen molar-refractivity contribution in [2.75, 3.05) is 7.05 Å². The van der Waals surface area contributed by atoms with Gasteiger partial charge in [0.05, 0.1) is 22.6 Å². The Morgan fingerprint density at radius 3 is 2.68 bits per heavy atom. The molecule has 0 atom stereocenters. The molecule has 0 fully saturated rings. The molecule has 0 aliphatic rings. The Labute approximate surface area is 150 Å². The van der Waals surface area contributed by atoms with Crippen LogP contribution in [-0.4, -0.2) is 47.2 Å². The zero-order chi connectivity index (χ0) is 18.1. The van der Waals surface area contributed by atoms with Gasteiger partial charge < -0.3 is 4.90 Å². The van der Waals surface area contributed by atoms with Crippen LogP contribution < -0.4 is 0 Å². The van der Waals surface area contributed by atoms with Crippen molar-refractivity contribution in [3.05, 3.63) is 52.3 Å². The van der Waals surface area contributed by atoms with Crippen molar-refractivity contribution in [1.82, 2.24) is 34.2 Å². The van der Waals surface area contributed by atoms with Gasteiger partial charge in [0.1, 0.15) is 12.4 Å². The lowest BCUT2D eigenvalue weighted by molar-refractivity contribution is 0.0778. The zero-order valence-corrected chi connectivity index (χ0v) is 15.4. The normalized spacial score (nSPS) is 11.1. The van der Waals surface area contributed by atoms with Gasteiger partial charge in [-0.15, -0.1) is 0 Å². The lowest BCUT2D eigenvalue weighted by Gasteiger charge is -2.14. The second-order valence-corrected chi connectivity index (χ2v) is 6.43. The topological polar surface area (TPSA) is 73.8 Å². The average molecular weight is 362 g/mol. The molecule has 3 aromatic heterocycles. The van der Waals surface area contributed by atoms with E-state index in [-0.39, 0.29) is 5.91 Å². The smallest absolute Gasteiger partial charge is 0.274 e. The molecule has 0 radical (unpaired) electrons. The minimum absolute atomic E-state index is 0.144. The highest BCUT2D eigenvalue weighted by atomic mass is 35.5. The first-order valence-corrected chi connectivity index (χ1v) is 8.19. The molecule has 0 saturated carbocycles. The maximum absolute atomic E-state index is 12.5. The summed E-state index contributed by atoms with van der Waals surface area (Å²) >= 11 is 6.16. The highest BCUT2D eigenvalue weighted by Gasteiger charge is 2.16. The predicted octanol–water partition coefficient (Wildman–Crippen LogP) is 1.86. The molecule has 0 N–H and O–H groups in total. The standard InChI is InChI=1S/C16H20ClN7O/c1-11-15(17)12(2)24(19-11)10-23-6-5-14(20-23)16(25)21(3)8-13-7-18-22(4)9-13/h5-7,9H,8,10H2,1-4H3. The summed E-state index contributed by atoms with van der Waals surface area (Å²) in [7, 11) is 3.59. The summed E-state index contributed by atoms with van der Waals surface area (Å²) in [4.78, 5) is 14.1. The number of rotatable bonds is 5. The molecule has 9 heteroatoms. The number of amides is 1. The number of aromatic nitrogens is 6. The fraction of sp³-hybridized carbons (Fsp3) is 0.375. The van der Waals surface area contributed by atoms with Gasteiger partial charge in [-0.3, -0.25) is 14.2 Å². The van der Waals surface area contributed by atoms with Gasteiger partial charge in [-0.05, 0) is 19.9 Å². The van der Waals surface area contributed by atoms with E-state index in [4.69, 9.17) is 11.6 Å². The summed E-state index contributed by atoms with van der Waals surface area (Å²) in [5.74, 6) is -0.144. The summed E-state index contributed by atoms with van der Waals surface area (Å²) < 4.78 is 5.14. The maximum Gasteiger partial charge on any atom is 0.274 e. The van der Waals surface area contributed by atoms with Gasteiger partial charge in [-0.25, -0.2) is 4.68 Å². The number of hydrogen-bond donors (Lipinski definition) is 0. The zero-order valence-electron chi connectivity index (χ0n) is 14.6. The van der Waals surface area contributed by atoms with Gasteiger partial charge in [0.2, 0.25) is 0 Å². The van der Waals surface area contributed by atoms with Crippen LogP contribution in [0.5, 0.6) is 0 Å². The lowest BCUT2D eigenvalue weighted by Crippen LogP contribution is -2.26. The highest BCUT2D eigenvalue weighted by molar-refractivity contribution is 6.31. The lowest BCUT2D eigenvalue weighted by atomic mass is 10.3. The summed E-state index contributed by atoms with van der Waals surface area (Å²) in [6, 6.07) is 1.70. The van der Waals surface area contributed by atoms with E-state index in [2.05, 4.69) is 15.3 Å². The van der Waals surface area contributed by atoms with Crippen molar-refractivity contribution in [2.45, 2.75) is 27.1 Å². The van der Waals surface area contributed by atoms with Gasteiger partial charge in [-0.2, -0.15) is 15.3 Å². The molecular weight excluding hydrogens is 342 g/mol. The number of carbonyl (C=O) groups excluding carboxylic acids is 1. The van der Waals surface area contributed by atoms with E-state index in [0.717, 1.165) is 17.0 Å². The minimum atomic E-state index is -0.144. The van der Waals surface area contributed by atoms with Crippen molar-refractivity contribution in [3.63, 3.8) is 0 Å². The number of nitrogens with zero attached hydrogens (tertiary/aromatic N) is 7. The van der Waals surface area contributed by atoms with E-state index in [0.29, 0.717) is 23.9 Å². The van der Waals surface area contributed by atoms with E-state index in [1.165, 1.54) is 0 Å². The molecule has 3 rings (SSSR count). The molecule has 3 heterocycles. The largest absolute Gasteiger partial charge is 0.336 e. The molecule has 0 aliphatic heterocycles. The summed E-state index contributed by atoms with van der Waals surface area (Å²) in [6.07, 6.45) is 5.39. The van der Waals surface area contributed by atoms with Crippen molar-refractivity contribution in [1.29, 1.82) is 0 Å². The van der Waals surface area contributed by atoms with Crippen molar-refractivity contribution >= 4 is 17.5 Å². The fourth-order valence-corrected chi connectivity index (χ4v) is 2.73. The molecule has 8 nitrogen and oxygen atoms in total. The molecule has 0 aliphatic carbocycles. The van der Waals surface area contributed by atoms with E-state index >= 15 is 0 Å². The molecule has 25 heavy (non-hydrogen) atoms.